The van der Waals surface area contributed by atoms with Gasteiger partial charge in [-0.15, -0.1) is 11.8 Å². The van der Waals surface area contributed by atoms with E-state index in [0.29, 0.717) is 0 Å². The van der Waals surface area contributed by atoms with Crippen molar-refractivity contribution in [1.29, 1.82) is 0 Å². The number of hydrogen-bond donors (Lipinski definition) is 2. The van der Waals surface area contributed by atoms with E-state index in [4.69, 9.17) is 4.98 Å². The fourth-order valence-electron chi connectivity index (χ4n) is 3.56. The molecule has 3 aromatic carbocycles. The molecule has 0 radical (unpaired) electrons. The number of H-pyrrole nitrogens is 2. The zero-order valence-corrected chi connectivity index (χ0v) is 17.3. The number of rotatable bonds is 5. The van der Waals surface area contributed by atoms with Gasteiger partial charge in [0.25, 0.3) is 0 Å². The third-order valence-corrected chi connectivity index (χ3v) is 5.83. The second-order valence-corrected chi connectivity index (χ2v) is 7.81. The highest BCUT2D eigenvalue weighted by Gasteiger charge is 2.18. The lowest BCUT2D eigenvalue weighted by molar-refractivity contribution is 1.09. The summed E-state index contributed by atoms with van der Waals surface area (Å²) in [5.41, 5.74) is 7.10. The Labute approximate surface area is 179 Å². The molecule has 0 aliphatic heterocycles. The number of thioether (sulfide) groups is 1. The fraction of sp³-hybridized carbons (Fsp3) is 0.0400. The van der Waals surface area contributed by atoms with Gasteiger partial charge in [-0.2, -0.15) is 5.10 Å². The van der Waals surface area contributed by atoms with Gasteiger partial charge in [-0.25, -0.2) is 4.98 Å². The van der Waals surface area contributed by atoms with Gasteiger partial charge >= 0.3 is 0 Å². The molecule has 2 aromatic heterocycles. The van der Waals surface area contributed by atoms with Crippen LogP contribution in [-0.4, -0.2) is 26.4 Å². The Kier molecular flexibility index (Phi) is 4.95. The Morgan fingerprint density at radius 2 is 1.33 bits per heavy atom. The van der Waals surface area contributed by atoms with E-state index in [9.17, 15) is 0 Å². The molecule has 5 heteroatoms. The third kappa shape index (κ3) is 3.44. The number of imidazole rings is 1. The lowest BCUT2D eigenvalue weighted by Crippen LogP contribution is -1.85. The SMILES string of the molecule is CSc1ccc(-c2[nH]ncc2-c2nc(-c3ccccc3)c(-c3ccccc3)[nH]2)cc1. The predicted molar refractivity (Wildman–Crippen MR) is 124 cm³/mol. The highest BCUT2D eigenvalue weighted by molar-refractivity contribution is 7.98. The van der Waals surface area contributed by atoms with E-state index in [0.717, 1.165) is 45.2 Å². The van der Waals surface area contributed by atoms with E-state index in [-0.39, 0.29) is 0 Å². The van der Waals surface area contributed by atoms with Crippen LogP contribution in [0.2, 0.25) is 0 Å². The van der Waals surface area contributed by atoms with Crippen LogP contribution in [0.15, 0.2) is 96.0 Å². The molecule has 0 saturated carbocycles. The van der Waals surface area contributed by atoms with Gasteiger partial charge in [-0.1, -0.05) is 72.8 Å². The average molecular weight is 409 g/mol. The molecule has 4 nitrogen and oxygen atoms in total. The maximum Gasteiger partial charge on any atom is 0.142 e. The number of benzene rings is 3. The maximum atomic E-state index is 5.00. The molecule has 2 heterocycles. The van der Waals surface area contributed by atoms with Crippen LogP contribution in [0.1, 0.15) is 0 Å². The first-order valence-corrected chi connectivity index (χ1v) is 10.9. The largest absolute Gasteiger partial charge is 0.337 e. The normalized spacial score (nSPS) is 11.0. The van der Waals surface area contributed by atoms with Gasteiger partial charge in [0.15, 0.2) is 0 Å². The molecule has 0 atom stereocenters. The van der Waals surface area contributed by atoms with Gasteiger partial charge in [0, 0.05) is 21.6 Å². The minimum absolute atomic E-state index is 0.797. The van der Waals surface area contributed by atoms with Crippen molar-refractivity contribution >= 4 is 11.8 Å². The van der Waals surface area contributed by atoms with Crippen molar-refractivity contribution in [2.75, 3.05) is 6.26 Å². The highest BCUT2D eigenvalue weighted by Crippen LogP contribution is 2.36. The Hall–Kier alpha value is -3.57. The molecule has 0 aliphatic carbocycles. The van der Waals surface area contributed by atoms with Crippen molar-refractivity contribution < 1.29 is 0 Å². The molecule has 0 aliphatic rings. The van der Waals surface area contributed by atoms with Gasteiger partial charge in [0.1, 0.15) is 5.82 Å². The molecule has 5 rings (SSSR count). The van der Waals surface area contributed by atoms with Crippen LogP contribution in [0.5, 0.6) is 0 Å². The molecule has 0 spiro atoms. The molecule has 5 aromatic rings. The van der Waals surface area contributed by atoms with Crippen molar-refractivity contribution in [3.05, 3.63) is 91.1 Å². The fourth-order valence-corrected chi connectivity index (χ4v) is 3.97. The van der Waals surface area contributed by atoms with Crippen LogP contribution in [-0.2, 0) is 0 Å². The predicted octanol–water partition coefficient (Wildman–Crippen LogP) is 6.52. The quantitative estimate of drug-likeness (QED) is 0.325. The summed E-state index contributed by atoms with van der Waals surface area (Å²) in [6.07, 6.45) is 3.91. The first-order valence-electron chi connectivity index (χ1n) is 9.72. The summed E-state index contributed by atoms with van der Waals surface area (Å²) in [6.45, 7) is 0. The van der Waals surface area contributed by atoms with Crippen LogP contribution < -0.4 is 0 Å². The molecule has 30 heavy (non-hydrogen) atoms. The minimum Gasteiger partial charge on any atom is -0.337 e. The Bertz CT molecular complexity index is 1200. The zero-order chi connectivity index (χ0) is 20.3. The molecular formula is C25H20N4S. The van der Waals surface area contributed by atoms with E-state index >= 15 is 0 Å². The Morgan fingerprint density at radius 1 is 0.700 bits per heavy atom. The van der Waals surface area contributed by atoms with Crippen LogP contribution >= 0.6 is 11.8 Å². The number of aromatic nitrogens is 4. The zero-order valence-electron chi connectivity index (χ0n) is 16.5. The van der Waals surface area contributed by atoms with Crippen molar-refractivity contribution in [3.63, 3.8) is 0 Å². The highest BCUT2D eigenvalue weighted by atomic mass is 32.2. The molecular weight excluding hydrogens is 388 g/mol. The summed E-state index contributed by atoms with van der Waals surface area (Å²) >= 11 is 1.73. The van der Waals surface area contributed by atoms with Crippen LogP contribution in [0.25, 0.3) is 45.2 Å². The van der Waals surface area contributed by atoms with Crippen LogP contribution in [0.3, 0.4) is 0 Å². The molecule has 0 fully saturated rings. The summed E-state index contributed by atoms with van der Waals surface area (Å²) < 4.78 is 0. The van der Waals surface area contributed by atoms with E-state index in [2.05, 4.69) is 70.0 Å². The first kappa shape index (κ1) is 18.5. The Morgan fingerprint density at radius 3 is 2.00 bits per heavy atom. The smallest absolute Gasteiger partial charge is 0.142 e. The Balaban J connectivity index is 1.65. The topological polar surface area (TPSA) is 57.4 Å². The van der Waals surface area contributed by atoms with Crippen LogP contribution in [0.4, 0.5) is 0 Å². The van der Waals surface area contributed by atoms with Crippen molar-refractivity contribution in [1.82, 2.24) is 20.2 Å². The summed E-state index contributed by atoms with van der Waals surface area (Å²) in [7, 11) is 0. The monoisotopic (exact) mass is 408 g/mol. The second-order valence-electron chi connectivity index (χ2n) is 6.93. The number of hydrogen-bond acceptors (Lipinski definition) is 3. The molecule has 0 saturated heterocycles. The summed E-state index contributed by atoms with van der Waals surface area (Å²) in [4.78, 5) is 9.79. The summed E-state index contributed by atoms with van der Waals surface area (Å²) in [5.74, 6) is 0.797. The van der Waals surface area contributed by atoms with Crippen molar-refractivity contribution in [2.24, 2.45) is 0 Å². The number of nitrogens with one attached hydrogen (secondary N) is 2. The van der Waals surface area contributed by atoms with Crippen LogP contribution in [0, 0.1) is 0 Å². The maximum absolute atomic E-state index is 5.00. The van der Waals surface area contributed by atoms with Crippen molar-refractivity contribution in [2.45, 2.75) is 4.90 Å². The molecule has 146 valence electrons. The van der Waals surface area contributed by atoms with Gasteiger partial charge in [-0.05, 0) is 18.4 Å². The summed E-state index contributed by atoms with van der Waals surface area (Å²) in [5, 5.41) is 7.46. The molecule has 0 bridgehead atoms. The van der Waals surface area contributed by atoms with Gasteiger partial charge in [0.2, 0.25) is 0 Å². The number of aromatic amines is 2. The number of nitrogens with zero attached hydrogens (tertiary/aromatic N) is 2. The lowest BCUT2D eigenvalue weighted by Gasteiger charge is -2.03. The second kappa shape index (κ2) is 8.05. The lowest BCUT2D eigenvalue weighted by atomic mass is 10.1. The third-order valence-electron chi connectivity index (χ3n) is 5.09. The average Bonchev–Trinajstić information content (AvgIpc) is 3.48. The minimum atomic E-state index is 0.797. The molecule has 0 amide bonds. The first-order chi connectivity index (χ1) is 14.8. The molecule has 2 N–H and O–H groups in total. The van der Waals surface area contributed by atoms with Gasteiger partial charge in [0.05, 0.1) is 28.8 Å². The van der Waals surface area contributed by atoms with E-state index in [1.807, 2.05) is 42.6 Å². The van der Waals surface area contributed by atoms with E-state index in [1.54, 1.807) is 11.8 Å². The van der Waals surface area contributed by atoms with Crippen molar-refractivity contribution in [3.8, 4) is 45.2 Å². The van der Waals surface area contributed by atoms with E-state index < -0.39 is 0 Å². The summed E-state index contributed by atoms with van der Waals surface area (Å²) in [6, 6.07) is 29.0. The standard InChI is InChI=1S/C25H20N4S/c1-30-20-14-12-19(13-15-20)22-21(16-26-29-22)25-27-23(17-8-4-2-5-9-17)24(28-25)18-10-6-3-7-11-18/h2-16H,1H3,(H,26,29)(H,27,28). The van der Waals surface area contributed by atoms with Gasteiger partial charge < -0.3 is 4.98 Å². The van der Waals surface area contributed by atoms with Gasteiger partial charge in [-0.3, -0.25) is 5.10 Å². The molecule has 0 unspecified atom stereocenters. The van der Waals surface area contributed by atoms with E-state index in [1.165, 1.54) is 4.90 Å².